The average molecular weight is 260 g/mol. The molecule has 0 aromatic heterocycles. The highest BCUT2D eigenvalue weighted by atomic mass is 16.4. The van der Waals surface area contributed by atoms with Gasteiger partial charge < -0.3 is 20.8 Å². The summed E-state index contributed by atoms with van der Waals surface area (Å²) in [7, 11) is 1.97. The van der Waals surface area contributed by atoms with Crippen LogP contribution in [-0.4, -0.2) is 83.0 Å². The van der Waals surface area contributed by atoms with E-state index in [0.717, 1.165) is 18.1 Å². The molecule has 0 radical (unpaired) electrons. The Morgan fingerprint density at radius 2 is 1.83 bits per heavy atom. The molecule has 1 rings (SSSR count). The fourth-order valence-electron chi connectivity index (χ4n) is 1.78. The average Bonchev–Trinajstić information content (AvgIpc) is 2.30. The molecule has 0 aromatic rings. The minimum atomic E-state index is -1.11. The second kappa shape index (κ2) is 6.53. The minimum absolute atomic E-state index is 0.104. The minimum Gasteiger partial charge on any atom is -0.480 e. The highest BCUT2D eigenvalue weighted by Crippen LogP contribution is 2.06. The fraction of sp³-hybridized carbons (Fsp3) is 0.800. The Bertz CT molecular complexity index is 304. The van der Waals surface area contributed by atoms with E-state index in [1.165, 1.54) is 0 Å². The Morgan fingerprint density at radius 1 is 1.28 bits per heavy atom. The molecule has 18 heavy (non-hydrogen) atoms. The van der Waals surface area contributed by atoms with E-state index in [1.807, 2.05) is 7.05 Å². The third-order valence-electron chi connectivity index (χ3n) is 3.01. The van der Waals surface area contributed by atoms with Crippen molar-refractivity contribution < 1.29 is 19.8 Å². The molecule has 4 N–H and O–H groups in total. The summed E-state index contributed by atoms with van der Waals surface area (Å²) in [6.07, 6.45) is -0.967. The number of nitrogens with zero attached hydrogens (tertiary/aromatic N) is 3. The van der Waals surface area contributed by atoms with Gasteiger partial charge in [-0.25, -0.2) is 14.8 Å². The van der Waals surface area contributed by atoms with Crippen LogP contribution in [-0.2, 0) is 4.79 Å². The van der Waals surface area contributed by atoms with Gasteiger partial charge in [0.25, 0.3) is 0 Å². The van der Waals surface area contributed by atoms with Crippen molar-refractivity contribution in [1.82, 2.24) is 14.9 Å². The van der Waals surface area contributed by atoms with Crippen LogP contribution in [0.25, 0.3) is 0 Å². The zero-order chi connectivity index (χ0) is 13.7. The summed E-state index contributed by atoms with van der Waals surface area (Å²) in [5.41, 5.74) is 5.37. The van der Waals surface area contributed by atoms with Crippen LogP contribution in [0.1, 0.15) is 6.42 Å². The van der Waals surface area contributed by atoms with E-state index in [-0.39, 0.29) is 13.0 Å². The molecule has 1 atom stereocenters. The normalized spacial score (nSPS) is 19.4. The van der Waals surface area contributed by atoms with Gasteiger partial charge in [-0.15, -0.1) is 0 Å². The lowest BCUT2D eigenvalue weighted by Gasteiger charge is -2.38. The van der Waals surface area contributed by atoms with Gasteiger partial charge in [-0.3, -0.25) is 4.79 Å². The molecule has 1 amide bonds. The molecule has 0 spiro atoms. The molecule has 8 heteroatoms. The first-order valence-corrected chi connectivity index (χ1v) is 5.84. The molecule has 1 saturated heterocycles. The molecule has 1 aliphatic rings. The molecular formula is C10H20N4O4. The quantitative estimate of drug-likeness (QED) is 0.577. The number of likely N-dealkylation sites (N-methyl/N-ethyl adjacent to an activating group) is 1. The van der Waals surface area contributed by atoms with Crippen molar-refractivity contribution in [3.63, 3.8) is 0 Å². The molecule has 8 nitrogen and oxygen atoms in total. The molecule has 0 bridgehead atoms. The van der Waals surface area contributed by atoms with Crippen molar-refractivity contribution in [2.45, 2.75) is 12.5 Å². The summed E-state index contributed by atoms with van der Waals surface area (Å²) >= 11 is 0. The molecule has 104 valence electrons. The third-order valence-corrected chi connectivity index (χ3v) is 3.01. The number of carbonyl (C=O) groups is 2. The lowest BCUT2D eigenvalue weighted by molar-refractivity contribution is -0.139. The molecule has 0 saturated carbocycles. The van der Waals surface area contributed by atoms with Gasteiger partial charge in [-0.05, 0) is 13.5 Å². The molecule has 0 unspecified atom stereocenters. The number of rotatable bonds is 5. The van der Waals surface area contributed by atoms with E-state index >= 15 is 0 Å². The monoisotopic (exact) mass is 260 g/mol. The number of carboxylic acids is 1. The first-order chi connectivity index (χ1) is 8.41. The number of carboxylic acid groups (broad SMARTS) is 2. The summed E-state index contributed by atoms with van der Waals surface area (Å²) in [5, 5.41) is 20.7. The molecule has 1 heterocycles. The van der Waals surface area contributed by atoms with Gasteiger partial charge in [0.05, 0.1) is 0 Å². The predicted octanol–water partition coefficient (Wildman–Crippen LogP) is -1.07. The smallest absolute Gasteiger partial charge is 0.421 e. The number of aliphatic carboxylic acids is 1. The van der Waals surface area contributed by atoms with Gasteiger partial charge in [0.1, 0.15) is 6.04 Å². The molecule has 1 fully saturated rings. The van der Waals surface area contributed by atoms with Crippen LogP contribution >= 0.6 is 0 Å². The van der Waals surface area contributed by atoms with E-state index in [0.29, 0.717) is 13.1 Å². The number of piperazine rings is 1. The molecular weight excluding hydrogens is 240 g/mol. The Kier molecular flexibility index (Phi) is 5.32. The van der Waals surface area contributed by atoms with E-state index in [2.05, 4.69) is 4.90 Å². The number of hydrazine groups is 1. The summed E-state index contributed by atoms with van der Waals surface area (Å²) in [6.45, 7) is 2.91. The maximum Gasteiger partial charge on any atom is 0.421 e. The third kappa shape index (κ3) is 4.13. The topological polar surface area (TPSA) is 110 Å². The second-order valence-corrected chi connectivity index (χ2v) is 4.40. The van der Waals surface area contributed by atoms with Crippen LogP contribution in [0.2, 0.25) is 0 Å². The Morgan fingerprint density at radius 3 is 2.28 bits per heavy atom. The molecule has 0 aliphatic carbocycles. The van der Waals surface area contributed by atoms with Crippen LogP contribution in [0.5, 0.6) is 0 Å². The highest BCUT2D eigenvalue weighted by Gasteiger charge is 2.25. The van der Waals surface area contributed by atoms with Crippen molar-refractivity contribution in [1.29, 1.82) is 0 Å². The van der Waals surface area contributed by atoms with Crippen LogP contribution in [0, 0.1) is 0 Å². The van der Waals surface area contributed by atoms with E-state index in [1.54, 1.807) is 5.01 Å². The summed E-state index contributed by atoms with van der Waals surface area (Å²) in [5.74, 6) is -1.11. The van der Waals surface area contributed by atoms with Crippen LogP contribution in [0.15, 0.2) is 0 Å². The summed E-state index contributed by atoms with van der Waals surface area (Å²) in [6, 6.07) is -1.03. The maximum absolute atomic E-state index is 11.1. The maximum atomic E-state index is 11.1. The van der Waals surface area contributed by atoms with Gasteiger partial charge in [0, 0.05) is 32.7 Å². The number of nitrogens with two attached hydrogens (primary N) is 1. The predicted molar refractivity (Wildman–Crippen MR) is 64.0 cm³/mol. The van der Waals surface area contributed by atoms with E-state index < -0.39 is 18.1 Å². The van der Waals surface area contributed by atoms with E-state index in [9.17, 15) is 9.59 Å². The standard InChI is InChI=1S/C10H20N4O4/c1-12-4-6-13(7-5-12)14(10(17)18)3-2-8(11)9(15)16/h8H,2-7,11H2,1H3,(H,15,16)(H,17,18)/t8-/m0/s1. The molecule has 1 aliphatic heterocycles. The van der Waals surface area contributed by atoms with Crippen molar-refractivity contribution in [3.8, 4) is 0 Å². The van der Waals surface area contributed by atoms with Gasteiger partial charge in [-0.2, -0.15) is 0 Å². The SMILES string of the molecule is CN1CCN(N(CC[C@H](N)C(=O)O)C(=O)O)CC1. The number of hydrogen-bond acceptors (Lipinski definition) is 5. The van der Waals surface area contributed by atoms with Crippen LogP contribution < -0.4 is 5.73 Å². The van der Waals surface area contributed by atoms with Gasteiger partial charge in [0.2, 0.25) is 0 Å². The highest BCUT2D eigenvalue weighted by molar-refractivity contribution is 5.73. The number of amides is 1. The van der Waals surface area contributed by atoms with Crippen molar-refractivity contribution in [2.75, 3.05) is 39.8 Å². The van der Waals surface area contributed by atoms with Crippen LogP contribution in [0.4, 0.5) is 4.79 Å². The Hall–Kier alpha value is -1.38. The van der Waals surface area contributed by atoms with E-state index in [4.69, 9.17) is 15.9 Å². The molecule has 0 aromatic carbocycles. The van der Waals surface area contributed by atoms with Gasteiger partial charge >= 0.3 is 12.1 Å². The lowest BCUT2D eigenvalue weighted by atomic mass is 10.2. The Labute approximate surface area is 106 Å². The van der Waals surface area contributed by atoms with Gasteiger partial charge in [-0.1, -0.05) is 0 Å². The fourth-order valence-corrected chi connectivity index (χ4v) is 1.78. The zero-order valence-electron chi connectivity index (χ0n) is 10.4. The number of hydrogen-bond donors (Lipinski definition) is 3. The van der Waals surface area contributed by atoms with Crippen molar-refractivity contribution >= 4 is 12.1 Å². The summed E-state index contributed by atoms with van der Waals surface area (Å²) < 4.78 is 0. The second-order valence-electron chi connectivity index (χ2n) is 4.40. The van der Waals surface area contributed by atoms with Gasteiger partial charge in [0.15, 0.2) is 0 Å². The van der Waals surface area contributed by atoms with Crippen molar-refractivity contribution in [3.05, 3.63) is 0 Å². The first-order valence-electron chi connectivity index (χ1n) is 5.84. The Balaban J connectivity index is 2.50. The van der Waals surface area contributed by atoms with Crippen LogP contribution in [0.3, 0.4) is 0 Å². The first kappa shape index (κ1) is 14.7. The zero-order valence-corrected chi connectivity index (χ0v) is 10.4. The lowest BCUT2D eigenvalue weighted by Crippen LogP contribution is -2.55. The largest absolute Gasteiger partial charge is 0.480 e. The van der Waals surface area contributed by atoms with Crippen molar-refractivity contribution in [2.24, 2.45) is 5.73 Å². The summed E-state index contributed by atoms with van der Waals surface area (Å²) in [4.78, 5) is 23.8.